The van der Waals surface area contributed by atoms with Gasteiger partial charge in [0.1, 0.15) is 22.3 Å². The van der Waals surface area contributed by atoms with Gasteiger partial charge in [-0.25, -0.2) is 0 Å². The number of fused-ring (bicyclic) bond motifs is 18. The Bertz CT molecular complexity index is 7120. The third-order valence-electron chi connectivity index (χ3n) is 21.0. The van der Waals surface area contributed by atoms with E-state index >= 15 is 0 Å². The summed E-state index contributed by atoms with van der Waals surface area (Å²) in [6, 6.07) is 131. The van der Waals surface area contributed by atoms with Crippen molar-refractivity contribution in [2.45, 2.75) is 0 Å². The average molecular weight is 1300 g/mol. The van der Waals surface area contributed by atoms with Crippen LogP contribution in [0, 0.1) is 0 Å². The standard InChI is InChI=1S/2C48H30N2O/c1-2-11-31(12-3-1)32-13-10-14-35(27-32)49-43-18-7-4-15-37(43)40-28-33(21-24-45(40)49)34-22-25-46-41(29-34)38-16-5-8-19-44(38)50(46)36-23-26-48-42(30-36)39-17-6-9-20-47(39)51-48;1-2-10-31(11-3-1)32-18-22-35(23-19-32)49-43-15-7-4-12-37(43)40-28-33(20-25-45(40)49)34-21-26-46-41(29-34)38-13-5-8-16-44(38)50(46)36-24-27-48-42(30-36)39-14-6-9-17-47(39)51-48/h2*1-30H. The summed E-state index contributed by atoms with van der Waals surface area (Å²) in [5.74, 6) is 0. The SMILES string of the molecule is c1ccc(-c2ccc(-n3c4ccccc4c4cc(-c5ccc6c(c5)c5ccccc5n6-c5ccc6oc7ccccc7c6c5)ccc43)cc2)cc1.c1ccc(-c2cccc(-n3c4ccccc4c4cc(-c5ccc6c(c5)c5ccccc5n6-c5ccc6oc7ccccc7c6c5)ccc43)c2)cc1. The molecule has 102 heavy (non-hydrogen) atoms. The summed E-state index contributed by atoms with van der Waals surface area (Å²) in [4.78, 5) is 0. The van der Waals surface area contributed by atoms with Crippen LogP contribution in [0.3, 0.4) is 0 Å². The van der Waals surface area contributed by atoms with E-state index < -0.39 is 0 Å². The fourth-order valence-electron chi connectivity index (χ4n) is 16.3. The molecule has 0 spiro atoms. The van der Waals surface area contributed by atoms with E-state index in [1.165, 1.54) is 132 Å². The Labute approximate surface area is 585 Å². The Morgan fingerprint density at radius 2 is 0.402 bits per heavy atom. The third kappa shape index (κ3) is 9.13. The molecule has 0 N–H and O–H groups in total. The van der Waals surface area contributed by atoms with Crippen LogP contribution in [0.4, 0.5) is 0 Å². The number of para-hydroxylation sites is 6. The topological polar surface area (TPSA) is 46.0 Å². The highest BCUT2D eigenvalue weighted by Crippen LogP contribution is 2.43. The van der Waals surface area contributed by atoms with Crippen molar-refractivity contribution in [3.8, 4) is 67.3 Å². The zero-order chi connectivity index (χ0) is 66.9. The van der Waals surface area contributed by atoms with Gasteiger partial charge in [-0.2, -0.15) is 0 Å². The fourth-order valence-corrected chi connectivity index (χ4v) is 16.3. The first-order valence-electron chi connectivity index (χ1n) is 34.9. The minimum absolute atomic E-state index is 0.906. The third-order valence-corrected chi connectivity index (χ3v) is 21.0. The van der Waals surface area contributed by atoms with E-state index in [9.17, 15) is 0 Å². The Morgan fingerprint density at radius 1 is 0.137 bits per heavy atom. The van der Waals surface area contributed by atoms with Gasteiger partial charge in [-0.15, -0.1) is 0 Å². The van der Waals surface area contributed by atoms with Gasteiger partial charge in [0, 0.05) is 87.4 Å². The van der Waals surface area contributed by atoms with Gasteiger partial charge < -0.3 is 27.1 Å². The lowest BCUT2D eigenvalue weighted by molar-refractivity contribution is 0.668. The Kier molecular flexibility index (Phi) is 12.9. The van der Waals surface area contributed by atoms with Crippen molar-refractivity contribution in [1.29, 1.82) is 0 Å². The molecule has 0 atom stereocenters. The molecule has 0 saturated heterocycles. The second kappa shape index (κ2) is 23.0. The predicted molar refractivity (Wildman–Crippen MR) is 427 cm³/mol. The summed E-state index contributed by atoms with van der Waals surface area (Å²) in [7, 11) is 0. The largest absolute Gasteiger partial charge is 0.456 e. The van der Waals surface area contributed by atoms with E-state index in [0.29, 0.717) is 0 Å². The van der Waals surface area contributed by atoms with E-state index in [0.717, 1.165) is 66.6 Å². The van der Waals surface area contributed by atoms with Crippen LogP contribution in [0.1, 0.15) is 0 Å². The summed E-state index contributed by atoms with van der Waals surface area (Å²) >= 11 is 0. The van der Waals surface area contributed by atoms with Gasteiger partial charge in [0.2, 0.25) is 0 Å². The number of hydrogen-bond acceptors (Lipinski definition) is 2. The van der Waals surface area contributed by atoms with Crippen molar-refractivity contribution in [2.75, 3.05) is 0 Å². The summed E-state index contributed by atoms with van der Waals surface area (Å²) in [5, 5.41) is 14.5. The lowest BCUT2D eigenvalue weighted by atomic mass is 10.0. The maximum atomic E-state index is 6.16. The molecule has 0 unspecified atom stereocenters. The van der Waals surface area contributed by atoms with Crippen molar-refractivity contribution in [2.24, 2.45) is 0 Å². The van der Waals surface area contributed by atoms with Crippen molar-refractivity contribution in [3.63, 3.8) is 0 Å². The lowest BCUT2D eigenvalue weighted by Gasteiger charge is -2.11. The van der Waals surface area contributed by atoms with Crippen LogP contribution in [0.2, 0.25) is 0 Å². The molecular weight excluding hydrogens is 1240 g/mol. The Morgan fingerprint density at radius 3 is 0.804 bits per heavy atom. The first-order chi connectivity index (χ1) is 50.6. The Hall–Kier alpha value is -13.7. The van der Waals surface area contributed by atoms with Crippen LogP contribution >= 0.6 is 0 Å². The molecular formula is C96H60N4O2. The smallest absolute Gasteiger partial charge is 0.135 e. The van der Waals surface area contributed by atoms with Gasteiger partial charge in [-0.05, 0) is 190 Å². The second-order valence-corrected chi connectivity index (χ2v) is 26.7. The number of aromatic nitrogens is 4. The van der Waals surface area contributed by atoms with Crippen LogP contribution in [-0.2, 0) is 0 Å². The lowest BCUT2D eigenvalue weighted by Crippen LogP contribution is -1.94. The molecule has 6 aromatic heterocycles. The van der Waals surface area contributed by atoms with Crippen molar-refractivity contribution in [1.82, 2.24) is 18.3 Å². The maximum absolute atomic E-state index is 6.16. The molecule has 6 heterocycles. The minimum Gasteiger partial charge on any atom is -0.456 e. The minimum atomic E-state index is 0.906. The van der Waals surface area contributed by atoms with E-state index in [4.69, 9.17) is 8.83 Å². The normalized spacial score (nSPS) is 11.9. The number of hydrogen-bond donors (Lipinski definition) is 0. The molecule has 0 fully saturated rings. The highest BCUT2D eigenvalue weighted by molar-refractivity contribution is 6.16. The molecule has 0 saturated carbocycles. The number of rotatable bonds is 8. The second-order valence-electron chi connectivity index (χ2n) is 26.7. The van der Waals surface area contributed by atoms with Gasteiger partial charge in [-0.3, -0.25) is 0 Å². The molecule has 0 aliphatic heterocycles. The van der Waals surface area contributed by atoms with E-state index in [1.54, 1.807) is 0 Å². The molecule has 0 aliphatic carbocycles. The molecule has 22 aromatic rings. The fraction of sp³-hybridized carbons (Fsp3) is 0. The van der Waals surface area contributed by atoms with E-state index in [2.05, 4.69) is 358 Å². The van der Waals surface area contributed by atoms with Gasteiger partial charge >= 0.3 is 0 Å². The monoisotopic (exact) mass is 1300 g/mol. The first-order valence-corrected chi connectivity index (χ1v) is 34.9. The highest BCUT2D eigenvalue weighted by Gasteiger charge is 2.21. The van der Waals surface area contributed by atoms with Crippen LogP contribution < -0.4 is 0 Å². The van der Waals surface area contributed by atoms with Gasteiger partial charge in [-0.1, -0.05) is 218 Å². The van der Waals surface area contributed by atoms with Crippen LogP contribution in [0.25, 0.3) is 198 Å². The van der Waals surface area contributed by atoms with Crippen LogP contribution in [0.15, 0.2) is 373 Å². The highest BCUT2D eigenvalue weighted by atomic mass is 16.3. The average Bonchev–Trinajstić information content (AvgIpc) is 1.59. The zero-order valence-electron chi connectivity index (χ0n) is 55.2. The number of nitrogens with zero attached hydrogens (tertiary/aromatic N) is 4. The van der Waals surface area contributed by atoms with Gasteiger partial charge in [0.15, 0.2) is 0 Å². The Balaban J connectivity index is 0.000000133. The summed E-state index contributed by atoms with van der Waals surface area (Å²) in [6.45, 7) is 0. The van der Waals surface area contributed by atoms with Gasteiger partial charge in [0.05, 0.1) is 44.1 Å². The van der Waals surface area contributed by atoms with Crippen molar-refractivity contribution in [3.05, 3.63) is 364 Å². The van der Waals surface area contributed by atoms with Crippen LogP contribution in [-0.4, -0.2) is 18.3 Å². The zero-order valence-corrected chi connectivity index (χ0v) is 55.2. The summed E-state index contributed by atoms with van der Waals surface area (Å²) in [6.07, 6.45) is 0. The quantitative estimate of drug-likeness (QED) is 0.152. The van der Waals surface area contributed by atoms with Crippen molar-refractivity contribution >= 4 is 131 Å². The number of furan rings is 2. The van der Waals surface area contributed by atoms with Gasteiger partial charge in [0.25, 0.3) is 0 Å². The van der Waals surface area contributed by atoms with Crippen molar-refractivity contribution < 1.29 is 8.83 Å². The maximum Gasteiger partial charge on any atom is 0.135 e. The molecule has 6 nitrogen and oxygen atoms in total. The molecule has 0 bridgehead atoms. The molecule has 0 radical (unpaired) electrons. The molecule has 16 aromatic carbocycles. The molecule has 22 rings (SSSR count). The first kappa shape index (κ1) is 57.4. The van der Waals surface area contributed by atoms with Crippen LogP contribution in [0.5, 0.6) is 0 Å². The summed E-state index contributed by atoms with van der Waals surface area (Å²) < 4.78 is 21.9. The summed E-state index contributed by atoms with van der Waals surface area (Å²) in [5.41, 5.74) is 27.4. The van der Waals surface area contributed by atoms with E-state index in [-0.39, 0.29) is 0 Å². The molecule has 0 aliphatic rings. The van der Waals surface area contributed by atoms with E-state index in [1.807, 2.05) is 24.3 Å². The molecule has 476 valence electrons. The molecule has 6 heteroatoms. The molecule has 0 amide bonds. The predicted octanol–water partition coefficient (Wildman–Crippen LogP) is 26.2. The number of benzene rings is 16.